The lowest BCUT2D eigenvalue weighted by molar-refractivity contribution is -0.147. The van der Waals surface area contributed by atoms with E-state index in [-0.39, 0.29) is 23.9 Å². The van der Waals surface area contributed by atoms with E-state index in [0.29, 0.717) is 32.6 Å². The molecule has 2 aliphatic heterocycles. The van der Waals surface area contributed by atoms with E-state index in [9.17, 15) is 13.2 Å². The van der Waals surface area contributed by atoms with Crippen LogP contribution in [0.5, 0.6) is 0 Å². The molecule has 0 atom stereocenters. The molecule has 8 heteroatoms. The number of nitrogens with zero attached hydrogens (tertiary/aromatic N) is 2. The topological polar surface area (TPSA) is 79.0 Å². The Hall–Kier alpha value is -0.700. The maximum atomic E-state index is 12.1. The van der Waals surface area contributed by atoms with Gasteiger partial charge in [-0.05, 0) is 13.3 Å². The minimum atomic E-state index is -3.16. The molecule has 2 aliphatic rings. The molecule has 0 spiro atoms. The summed E-state index contributed by atoms with van der Waals surface area (Å²) in [6, 6.07) is 0. The molecular formula is C13H25N3O4S. The number of piperazine rings is 1. The minimum Gasteiger partial charge on any atom is -0.363 e. The van der Waals surface area contributed by atoms with E-state index < -0.39 is 10.0 Å². The van der Waals surface area contributed by atoms with Gasteiger partial charge in [-0.15, -0.1) is 0 Å². The third-order valence-electron chi connectivity index (χ3n) is 3.99. The van der Waals surface area contributed by atoms with Crippen LogP contribution >= 0.6 is 0 Å². The van der Waals surface area contributed by atoms with E-state index >= 15 is 0 Å². The van der Waals surface area contributed by atoms with E-state index in [4.69, 9.17) is 4.74 Å². The van der Waals surface area contributed by atoms with Gasteiger partial charge in [0.05, 0.1) is 11.4 Å². The van der Waals surface area contributed by atoms with E-state index in [2.05, 4.69) is 5.32 Å². The standard InChI is InChI=1S/C13H25N3O4S/c1-3-8-21(18,19)16-6-4-15(5-7-16)12(17)9-20-13(2)10-14-11-13/h14H,3-11H2,1-2H3. The maximum Gasteiger partial charge on any atom is 0.248 e. The summed E-state index contributed by atoms with van der Waals surface area (Å²) in [6.07, 6.45) is 0.613. The molecule has 2 saturated heterocycles. The van der Waals surface area contributed by atoms with Crippen LogP contribution in [0.1, 0.15) is 20.3 Å². The third kappa shape index (κ3) is 4.15. The number of sulfonamides is 1. The Morgan fingerprint density at radius 3 is 2.33 bits per heavy atom. The molecule has 21 heavy (non-hydrogen) atoms. The molecule has 0 aromatic carbocycles. The summed E-state index contributed by atoms with van der Waals surface area (Å²) < 4.78 is 31.0. The van der Waals surface area contributed by atoms with Crippen LogP contribution in [0.25, 0.3) is 0 Å². The van der Waals surface area contributed by atoms with Crippen LogP contribution in [-0.2, 0) is 19.6 Å². The predicted molar refractivity (Wildman–Crippen MR) is 79.5 cm³/mol. The Morgan fingerprint density at radius 1 is 1.24 bits per heavy atom. The zero-order valence-corrected chi connectivity index (χ0v) is 13.6. The van der Waals surface area contributed by atoms with Crippen molar-refractivity contribution in [2.75, 3.05) is 51.6 Å². The van der Waals surface area contributed by atoms with Crippen molar-refractivity contribution in [1.82, 2.24) is 14.5 Å². The fourth-order valence-corrected chi connectivity index (χ4v) is 4.00. The molecule has 1 N–H and O–H groups in total. The van der Waals surface area contributed by atoms with Gasteiger partial charge < -0.3 is 15.0 Å². The largest absolute Gasteiger partial charge is 0.363 e. The lowest BCUT2D eigenvalue weighted by Gasteiger charge is -2.40. The molecule has 0 radical (unpaired) electrons. The van der Waals surface area contributed by atoms with Gasteiger partial charge in [0.2, 0.25) is 15.9 Å². The Balaban J connectivity index is 1.76. The van der Waals surface area contributed by atoms with Gasteiger partial charge in [0, 0.05) is 39.3 Å². The fraction of sp³-hybridized carbons (Fsp3) is 0.923. The first kappa shape index (κ1) is 16.7. The van der Waals surface area contributed by atoms with E-state index in [1.165, 1.54) is 4.31 Å². The van der Waals surface area contributed by atoms with Crippen LogP contribution in [0.4, 0.5) is 0 Å². The Kier molecular flexibility index (Phi) is 5.24. The number of ether oxygens (including phenoxy) is 1. The van der Waals surface area contributed by atoms with Crippen molar-refractivity contribution >= 4 is 15.9 Å². The summed E-state index contributed by atoms with van der Waals surface area (Å²) in [4.78, 5) is 13.8. The van der Waals surface area contributed by atoms with E-state index in [0.717, 1.165) is 13.1 Å². The smallest absolute Gasteiger partial charge is 0.248 e. The molecule has 122 valence electrons. The first-order valence-electron chi connectivity index (χ1n) is 7.46. The average molecular weight is 319 g/mol. The molecule has 1 amide bonds. The third-order valence-corrected chi connectivity index (χ3v) is 6.06. The number of carbonyl (C=O) groups excluding carboxylic acids is 1. The van der Waals surface area contributed by atoms with Gasteiger partial charge in [-0.25, -0.2) is 8.42 Å². The van der Waals surface area contributed by atoms with Crippen LogP contribution in [0.15, 0.2) is 0 Å². The van der Waals surface area contributed by atoms with Crippen molar-refractivity contribution < 1.29 is 17.9 Å². The van der Waals surface area contributed by atoms with Crippen LogP contribution in [0.3, 0.4) is 0 Å². The highest BCUT2D eigenvalue weighted by Gasteiger charge is 2.34. The molecule has 0 aromatic rings. The van der Waals surface area contributed by atoms with E-state index in [1.807, 2.05) is 13.8 Å². The lowest BCUT2D eigenvalue weighted by Crippen LogP contribution is -2.60. The number of hydrogen-bond acceptors (Lipinski definition) is 5. The molecule has 2 rings (SSSR count). The van der Waals surface area contributed by atoms with Crippen molar-refractivity contribution in [2.24, 2.45) is 0 Å². The Labute approximate surface area is 126 Å². The quantitative estimate of drug-likeness (QED) is 0.697. The molecule has 0 unspecified atom stereocenters. The zero-order valence-electron chi connectivity index (χ0n) is 12.8. The van der Waals surface area contributed by atoms with Crippen molar-refractivity contribution in [2.45, 2.75) is 25.9 Å². The summed E-state index contributed by atoms with van der Waals surface area (Å²) in [6.45, 7) is 7.09. The molecule has 2 fully saturated rings. The van der Waals surface area contributed by atoms with Crippen molar-refractivity contribution in [3.63, 3.8) is 0 Å². The second kappa shape index (κ2) is 6.60. The highest BCUT2D eigenvalue weighted by molar-refractivity contribution is 7.89. The first-order chi connectivity index (χ1) is 9.86. The Bertz CT molecular complexity index is 468. The number of carbonyl (C=O) groups is 1. The van der Waals surface area contributed by atoms with Crippen LogP contribution in [-0.4, -0.2) is 80.8 Å². The molecule has 0 saturated carbocycles. The number of nitrogens with one attached hydrogen (secondary N) is 1. The monoisotopic (exact) mass is 319 g/mol. The van der Waals surface area contributed by atoms with Crippen LogP contribution in [0.2, 0.25) is 0 Å². The molecular weight excluding hydrogens is 294 g/mol. The predicted octanol–water partition coefficient (Wildman–Crippen LogP) is -0.751. The summed E-state index contributed by atoms with van der Waals surface area (Å²) in [5, 5.41) is 3.12. The van der Waals surface area contributed by atoms with Gasteiger partial charge in [-0.2, -0.15) is 4.31 Å². The van der Waals surface area contributed by atoms with Gasteiger partial charge in [0.25, 0.3) is 0 Å². The zero-order chi connectivity index (χ0) is 15.5. The average Bonchev–Trinajstić information content (AvgIpc) is 2.43. The lowest BCUT2D eigenvalue weighted by atomic mass is 10.0. The van der Waals surface area contributed by atoms with E-state index in [1.54, 1.807) is 4.90 Å². The number of amides is 1. The van der Waals surface area contributed by atoms with Gasteiger partial charge in [-0.3, -0.25) is 4.79 Å². The highest BCUT2D eigenvalue weighted by atomic mass is 32.2. The number of hydrogen-bond donors (Lipinski definition) is 1. The maximum absolute atomic E-state index is 12.1. The Morgan fingerprint density at radius 2 is 1.86 bits per heavy atom. The highest BCUT2D eigenvalue weighted by Crippen LogP contribution is 2.16. The normalized spacial score (nSPS) is 22.9. The first-order valence-corrected chi connectivity index (χ1v) is 9.07. The SMILES string of the molecule is CCCS(=O)(=O)N1CCN(C(=O)COC2(C)CNC2)CC1. The fourth-order valence-electron chi connectivity index (χ4n) is 2.51. The van der Waals surface area contributed by atoms with Crippen LogP contribution in [0, 0.1) is 0 Å². The molecule has 7 nitrogen and oxygen atoms in total. The van der Waals surface area contributed by atoms with Crippen LogP contribution < -0.4 is 5.32 Å². The minimum absolute atomic E-state index is 0.0596. The second-order valence-corrected chi connectivity index (χ2v) is 8.03. The molecule has 2 heterocycles. The molecule has 0 aromatic heterocycles. The van der Waals surface area contributed by atoms with Gasteiger partial charge >= 0.3 is 0 Å². The summed E-state index contributed by atoms with van der Waals surface area (Å²) >= 11 is 0. The van der Waals surface area contributed by atoms with Gasteiger partial charge in [0.15, 0.2) is 0 Å². The summed E-state index contributed by atoms with van der Waals surface area (Å²) in [5.41, 5.74) is -0.234. The summed E-state index contributed by atoms with van der Waals surface area (Å²) in [7, 11) is -3.16. The molecule has 0 aliphatic carbocycles. The van der Waals surface area contributed by atoms with Crippen molar-refractivity contribution in [3.8, 4) is 0 Å². The van der Waals surface area contributed by atoms with Gasteiger partial charge in [0.1, 0.15) is 6.61 Å². The number of rotatable bonds is 6. The van der Waals surface area contributed by atoms with Gasteiger partial charge in [-0.1, -0.05) is 6.92 Å². The van der Waals surface area contributed by atoms with Crippen molar-refractivity contribution in [3.05, 3.63) is 0 Å². The van der Waals surface area contributed by atoms with Crippen molar-refractivity contribution in [1.29, 1.82) is 0 Å². The second-order valence-electron chi connectivity index (χ2n) is 5.94. The summed E-state index contributed by atoms with van der Waals surface area (Å²) in [5.74, 6) is 0.116. The molecule has 0 bridgehead atoms.